The van der Waals surface area contributed by atoms with Crippen LogP contribution in [-0.4, -0.2) is 23.8 Å². The summed E-state index contributed by atoms with van der Waals surface area (Å²) in [6.45, 7) is 6.60. The number of aryl methyl sites for hydroxylation is 2. The first kappa shape index (κ1) is 27.6. The number of aliphatic hydroxyl groups excluding tert-OH is 1. The van der Waals surface area contributed by atoms with E-state index >= 15 is 0 Å². The molecule has 0 aliphatic carbocycles. The van der Waals surface area contributed by atoms with Crippen molar-refractivity contribution in [2.45, 2.75) is 70.3 Å². The summed E-state index contributed by atoms with van der Waals surface area (Å²) in [5.74, 6) is -9.42. The van der Waals surface area contributed by atoms with Crippen molar-refractivity contribution in [3.63, 3.8) is 0 Å². The summed E-state index contributed by atoms with van der Waals surface area (Å²) in [5, 5.41) is 9.36. The highest BCUT2D eigenvalue weighted by atomic mass is 19.3. The van der Waals surface area contributed by atoms with E-state index in [0.29, 0.717) is 12.0 Å². The van der Waals surface area contributed by atoms with Gasteiger partial charge in [-0.3, -0.25) is 0 Å². The molecule has 0 spiro atoms. The third-order valence-electron chi connectivity index (χ3n) is 5.68. The molecule has 2 aromatic rings. The number of aliphatic hydroxyl groups is 1. The molecule has 0 radical (unpaired) electrons. The third kappa shape index (κ3) is 6.92. The standard InChI is InChI=1S/C27H32F4O3/c1-4-5-6-7-20-8-13-22(14-9-20)26(28,29)27(30,31)23-15-10-21(11-16-23)12-17-24(18-32)34-25(33)19(2)3/h8-11,13-16,24,32H,2,4-7,12,17-18H2,1,3H3. The number of unbranched alkanes of at least 4 members (excludes halogenated alkanes) is 2. The van der Waals surface area contributed by atoms with Gasteiger partial charge in [0.05, 0.1) is 6.61 Å². The van der Waals surface area contributed by atoms with Crippen LogP contribution in [0.25, 0.3) is 0 Å². The lowest BCUT2D eigenvalue weighted by atomic mass is 9.93. The molecule has 0 heterocycles. The number of hydrogen-bond donors (Lipinski definition) is 1. The molecule has 0 aromatic heterocycles. The van der Waals surface area contributed by atoms with E-state index in [2.05, 4.69) is 13.5 Å². The first-order chi connectivity index (χ1) is 16.0. The molecular formula is C27H32F4O3. The second-order valence-electron chi connectivity index (χ2n) is 8.53. The molecular weight excluding hydrogens is 448 g/mol. The van der Waals surface area contributed by atoms with E-state index in [9.17, 15) is 27.5 Å². The van der Waals surface area contributed by atoms with Crippen molar-refractivity contribution >= 4 is 5.97 Å². The van der Waals surface area contributed by atoms with Gasteiger partial charge in [-0.05, 0) is 43.7 Å². The number of alkyl halides is 4. The first-order valence-electron chi connectivity index (χ1n) is 11.4. The Hall–Kier alpha value is -2.67. The first-order valence-corrected chi connectivity index (χ1v) is 11.4. The Morgan fingerprint density at radius 1 is 0.912 bits per heavy atom. The second kappa shape index (κ2) is 12.2. The summed E-state index contributed by atoms with van der Waals surface area (Å²) in [6.07, 6.45) is 3.46. The fourth-order valence-corrected chi connectivity index (χ4v) is 3.47. The number of ether oxygens (including phenoxy) is 1. The highest BCUT2D eigenvalue weighted by Crippen LogP contribution is 2.49. The zero-order valence-corrected chi connectivity index (χ0v) is 19.6. The van der Waals surface area contributed by atoms with E-state index in [1.807, 2.05) is 0 Å². The van der Waals surface area contributed by atoms with Gasteiger partial charge in [-0.1, -0.05) is 74.9 Å². The van der Waals surface area contributed by atoms with Crippen LogP contribution in [0.4, 0.5) is 17.6 Å². The Morgan fingerprint density at radius 3 is 1.79 bits per heavy atom. The van der Waals surface area contributed by atoms with E-state index in [4.69, 9.17) is 4.74 Å². The molecule has 0 aliphatic heterocycles. The predicted molar refractivity (Wildman–Crippen MR) is 124 cm³/mol. The second-order valence-corrected chi connectivity index (χ2v) is 8.53. The van der Waals surface area contributed by atoms with Crippen molar-refractivity contribution in [1.82, 2.24) is 0 Å². The van der Waals surface area contributed by atoms with Gasteiger partial charge >= 0.3 is 17.8 Å². The molecule has 0 fully saturated rings. The molecule has 2 rings (SSSR count). The van der Waals surface area contributed by atoms with Crippen molar-refractivity contribution in [1.29, 1.82) is 0 Å². The number of carbonyl (C=O) groups excluding carboxylic acids is 1. The van der Waals surface area contributed by atoms with Gasteiger partial charge in [0.2, 0.25) is 0 Å². The molecule has 0 saturated heterocycles. The van der Waals surface area contributed by atoms with Crippen LogP contribution in [0.3, 0.4) is 0 Å². The van der Waals surface area contributed by atoms with E-state index in [1.54, 1.807) is 0 Å². The summed E-state index contributed by atoms with van der Waals surface area (Å²) >= 11 is 0. The van der Waals surface area contributed by atoms with E-state index in [-0.39, 0.29) is 12.0 Å². The zero-order valence-electron chi connectivity index (χ0n) is 19.6. The van der Waals surface area contributed by atoms with Crippen LogP contribution in [0.5, 0.6) is 0 Å². The lowest BCUT2D eigenvalue weighted by Gasteiger charge is -2.27. The number of carbonyl (C=O) groups is 1. The normalized spacial score (nSPS) is 12.9. The van der Waals surface area contributed by atoms with E-state index < -0.39 is 41.7 Å². The quantitative estimate of drug-likeness (QED) is 0.150. The number of esters is 1. The van der Waals surface area contributed by atoms with Gasteiger partial charge in [0.1, 0.15) is 6.10 Å². The van der Waals surface area contributed by atoms with Gasteiger partial charge in [0, 0.05) is 16.7 Å². The van der Waals surface area contributed by atoms with Gasteiger partial charge < -0.3 is 9.84 Å². The smallest absolute Gasteiger partial charge is 0.339 e. The number of rotatable bonds is 13. The van der Waals surface area contributed by atoms with Crippen molar-refractivity contribution in [2.75, 3.05) is 6.61 Å². The van der Waals surface area contributed by atoms with Crippen LogP contribution in [0.1, 0.15) is 61.8 Å². The fourth-order valence-electron chi connectivity index (χ4n) is 3.47. The van der Waals surface area contributed by atoms with Crippen molar-refractivity contribution < 1.29 is 32.2 Å². The van der Waals surface area contributed by atoms with Crippen LogP contribution in [-0.2, 0) is 34.2 Å². The highest BCUT2D eigenvalue weighted by molar-refractivity contribution is 5.87. The summed E-state index contributed by atoms with van der Waals surface area (Å²) < 4.78 is 64.4. The average Bonchev–Trinajstić information content (AvgIpc) is 2.82. The fraction of sp³-hybridized carbons (Fsp3) is 0.444. The Bertz CT molecular complexity index is 937. The maximum absolute atomic E-state index is 14.8. The Balaban J connectivity index is 2.07. The maximum atomic E-state index is 14.8. The van der Waals surface area contributed by atoms with Gasteiger partial charge in [0.15, 0.2) is 0 Å². The Labute approximate surface area is 198 Å². The minimum Gasteiger partial charge on any atom is -0.457 e. The van der Waals surface area contributed by atoms with Crippen LogP contribution in [0.2, 0.25) is 0 Å². The van der Waals surface area contributed by atoms with Crippen molar-refractivity contribution in [3.8, 4) is 0 Å². The lowest BCUT2D eigenvalue weighted by Crippen LogP contribution is -2.35. The molecule has 0 bridgehead atoms. The molecule has 0 aliphatic rings. The molecule has 186 valence electrons. The molecule has 1 atom stereocenters. The molecule has 1 N–H and O–H groups in total. The SMILES string of the molecule is C=C(C)C(=O)OC(CO)CCc1ccc(C(F)(F)C(F)(F)c2ccc(CCCCC)cc2)cc1. The molecule has 2 aromatic carbocycles. The highest BCUT2D eigenvalue weighted by Gasteiger charge is 2.58. The van der Waals surface area contributed by atoms with Crippen LogP contribution >= 0.6 is 0 Å². The van der Waals surface area contributed by atoms with E-state index in [1.165, 1.54) is 31.2 Å². The molecule has 0 saturated carbocycles. The van der Waals surface area contributed by atoms with Gasteiger partial charge in [-0.15, -0.1) is 0 Å². The van der Waals surface area contributed by atoms with Gasteiger partial charge in [0.25, 0.3) is 0 Å². The van der Waals surface area contributed by atoms with Gasteiger partial charge in [-0.2, -0.15) is 17.6 Å². The predicted octanol–water partition coefficient (Wildman–Crippen LogP) is 6.72. The molecule has 3 nitrogen and oxygen atoms in total. The van der Waals surface area contributed by atoms with E-state index in [0.717, 1.165) is 55.5 Å². The van der Waals surface area contributed by atoms with Crippen molar-refractivity contribution in [2.24, 2.45) is 0 Å². The largest absolute Gasteiger partial charge is 0.457 e. The van der Waals surface area contributed by atoms with Crippen molar-refractivity contribution in [3.05, 3.63) is 82.9 Å². The zero-order chi connectivity index (χ0) is 25.4. The Morgan fingerprint density at radius 2 is 1.38 bits per heavy atom. The molecule has 1 unspecified atom stereocenters. The topological polar surface area (TPSA) is 46.5 Å². The Kier molecular flexibility index (Phi) is 9.86. The lowest BCUT2D eigenvalue weighted by molar-refractivity contribution is -0.223. The third-order valence-corrected chi connectivity index (χ3v) is 5.68. The van der Waals surface area contributed by atoms with Gasteiger partial charge in [-0.25, -0.2) is 4.79 Å². The summed E-state index contributed by atoms with van der Waals surface area (Å²) in [5.41, 5.74) is 0.101. The van der Waals surface area contributed by atoms with Crippen LogP contribution in [0.15, 0.2) is 60.7 Å². The monoisotopic (exact) mass is 480 g/mol. The molecule has 7 heteroatoms. The number of benzene rings is 2. The minimum atomic E-state index is -4.40. The summed E-state index contributed by atoms with van der Waals surface area (Å²) in [7, 11) is 0. The van der Waals surface area contributed by atoms with Crippen LogP contribution < -0.4 is 0 Å². The molecule has 34 heavy (non-hydrogen) atoms. The number of halogens is 4. The minimum absolute atomic E-state index is 0.192. The van der Waals surface area contributed by atoms with Crippen LogP contribution in [0, 0.1) is 0 Å². The number of hydrogen-bond acceptors (Lipinski definition) is 3. The maximum Gasteiger partial charge on any atom is 0.339 e. The average molecular weight is 481 g/mol. The summed E-state index contributed by atoms with van der Waals surface area (Å²) in [4.78, 5) is 11.6. The molecule has 0 amide bonds. The summed E-state index contributed by atoms with van der Waals surface area (Å²) in [6, 6.07) is 9.76.